The molecule has 1 rings (SSSR count). The third-order valence-corrected chi connectivity index (χ3v) is 5.79. The molecule has 0 saturated carbocycles. The number of allylic oxidation sites excluding steroid dienone is 2. The molecule has 0 aliphatic rings. The molecule has 1 aromatic carbocycles. The Morgan fingerprint density at radius 3 is 2.00 bits per heavy atom. The van der Waals surface area contributed by atoms with Gasteiger partial charge >= 0.3 is 5.97 Å². The summed E-state index contributed by atoms with van der Waals surface area (Å²) in [6, 6.07) is 4.89. The van der Waals surface area contributed by atoms with Crippen molar-refractivity contribution in [2.75, 3.05) is 7.11 Å². The third-order valence-electron chi connectivity index (χ3n) is 5.79. The van der Waals surface area contributed by atoms with Crippen LogP contribution >= 0.6 is 0 Å². The van der Waals surface area contributed by atoms with Gasteiger partial charge < -0.3 is 9.47 Å². The first-order valence-electron chi connectivity index (χ1n) is 13.3. The number of methoxy groups -OCH3 is 1. The number of hydrogen-bond acceptors (Lipinski definition) is 5. The highest BCUT2D eigenvalue weighted by Gasteiger charge is 2.12. The molecule has 0 atom stereocenters. The summed E-state index contributed by atoms with van der Waals surface area (Å²) in [7, 11) is 1.46. The number of benzene rings is 1. The fraction of sp³-hybridized carbons (Fsp3) is 0.621. The molecule has 0 aromatic heterocycles. The molecular weight excluding hydrogens is 442 g/mol. The molecule has 0 spiro atoms. The van der Waals surface area contributed by atoms with Gasteiger partial charge in [-0.25, -0.2) is 0 Å². The number of carbonyl (C=O) groups is 3. The Hall–Kier alpha value is -2.63. The van der Waals surface area contributed by atoms with Gasteiger partial charge in [0.2, 0.25) is 11.8 Å². The number of unbranched alkanes of at least 4 members (excludes halogenated alkanes) is 11. The molecule has 196 valence electrons. The van der Waals surface area contributed by atoms with Crippen LogP contribution in [0.1, 0.15) is 109 Å². The van der Waals surface area contributed by atoms with Crippen LogP contribution in [0.5, 0.6) is 11.5 Å². The van der Waals surface area contributed by atoms with E-state index in [1.807, 2.05) is 0 Å². The minimum Gasteiger partial charge on any atom is -0.493 e. The van der Waals surface area contributed by atoms with Gasteiger partial charge in [-0.05, 0) is 49.8 Å². The van der Waals surface area contributed by atoms with Crippen molar-refractivity contribution in [1.82, 2.24) is 5.32 Å². The maximum atomic E-state index is 12.2. The maximum Gasteiger partial charge on any atom is 0.308 e. The van der Waals surface area contributed by atoms with Gasteiger partial charge in [0.05, 0.1) is 13.5 Å². The Morgan fingerprint density at radius 1 is 0.800 bits per heavy atom. The fourth-order valence-corrected chi connectivity index (χ4v) is 3.87. The summed E-state index contributed by atoms with van der Waals surface area (Å²) in [6.45, 7) is 3.56. The van der Waals surface area contributed by atoms with E-state index in [9.17, 15) is 14.4 Å². The maximum absolute atomic E-state index is 12.2. The topological polar surface area (TPSA) is 81.7 Å². The zero-order valence-corrected chi connectivity index (χ0v) is 22.0. The molecule has 1 aromatic rings. The van der Waals surface area contributed by atoms with Gasteiger partial charge in [0.15, 0.2) is 11.5 Å². The Labute approximate surface area is 211 Å². The summed E-state index contributed by atoms with van der Waals surface area (Å²) in [6.07, 6.45) is 20.7. The van der Waals surface area contributed by atoms with E-state index in [4.69, 9.17) is 9.47 Å². The monoisotopic (exact) mass is 487 g/mol. The van der Waals surface area contributed by atoms with Gasteiger partial charge in [0.25, 0.3) is 0 Å². The minimum absolute atomic E-state index is 0.0504. The number of ether oxygens (including phenoxy) is 2. The zero-order valence-electron chi connectivity index (χ0n) is 22.0. The van der Waals surface area contributed by atoms with Gasteiger partial charge in [-0.2, -0.15) is 0 Å². The van der Waals surface area contributed by atoms with Crippen LogP contribution in [0.25, 0.3) is 0 Å². The first-order valence-corrected chi connectivity index (χ1v) is 13.3. The van der Waals surface area contributed by atoms with Crippen molar-refractivity contribution < 1.29 is 23.9 Å². The molecule has 0 unspecified atom stereocenters. The molecule has 0 aliphatic heterocycles. The van der Waals surface area contributed by atoms with Crippen LogP contribution in [0.3, 0.4) is 0 Å². The molecule has 0 heterocycles. The summed E-state index contributed by atoms with van der Waals surface area (Å²) < 4.78 is 10.3. The molecular formula is C29H45NO5. The van der Waals surface area contributed by atoms with Crippen molar-refractivity contribution in [1.29, 1.82) is 0 Å². The molecule has 0 bridgehead atoms. The van der Waals surface area contributed by atoms with E-state index in [1.54, 1.807) is 18.2 Å². The second-order valence-corrected chi connectivity index (χ2v) is 9.06. The van der Waals surface area contributed by atoms with E-state index in [-0.39, 0.29) is 18.2 Å². The van der Waals surface area contributed by atoms with Crippen molar-refractivity contribution in [2.24, 2.45) is 0 Å². The van der Waals surface area contributed by atoms with Crippen molar-refractivity contribution >= 4 is 17.8 Å². The molecule has 6 nitrogen and oxygen atoms in total. The van der Waals surface area contributed by atoms with Gasteiger partial charge in [0.1, 0.15) is 0 Å². The highest BCUT2D eigenvalue weighted by molar-refractivity contribution is 5.96. The van der Waals surface area contributed by atoms with E-state index in [2.05, 4.69) is 24.4 Å². The summed E-state index contributed by atoms with van der Waals surface area (Å²) in [5.41, 5.74) is 0.670. The normalized spacial score (nSPS) is 10.9. The van der Waals surface area contributed by atoms with E-state index in [0.717, 1.165) is 25.7 Å². The van der Waals surface area contributed by atoms with Gasteiger partial charge in [-0.15, -0.1) is 0 Å². The first kappa shape index (κ1) is 30.4. The second kappa shape index (κ2) is 19.7. The number of hydrogen-bond donors (Lipinski definition) is 1. The van der Waals surface area contributed by atoms with Gasteiger partial charge in [-0.3, -0.25) is 19.7 Å². The lowest BCUT2D eigenvalue weighted by Gasteiger charge is -2.10. The zero-order chi connectivity index (χ0) is 25.7. The first-order chi connectivity index (χ1) is 17.0. The van der Waals surface area contributed by atoms with Gasteiger partial charge in [0, 0.05) is 13.3 Å². The molecule has 1 N–H and O–H groups in total. The quantitative estimate of drug-likeness (QED) is 0.0999. The molecule has 0 saturated heterocycles. The van der Waals surface area contributed by atoms with Gasteiger partial charge in [-0.1, -0.05) is 76.5 Å². The molecule has 0 radical (unpaired) electrons. The Balaban J connectivity index is 2.09. The van der Waals surface area contributed by atoms with Crippen LogP contribution in [0.4, 0.5) is 0 Å². The Bertz CT molecular complexity index is 787. The van der Waals surface area contributed by atoms with Crippen LogP contribution in [0.2, 0.25) is 0 Å². The van der Waals surface area contributed by atoms with Crippen LogP contribution in [0, 0.1) is 0 Å². The number of nitrogens with one attached hydrogen (secondary N) is 1. The highest BCUT2D eigenvalue weighted by atomic mass is 16.6. The lowest BCUT2D eigenvalue weighted by Crippen LogP contribution is -2.31. The molecule has 0 fully saturated rings. The molecule has 6 heteroatoms. The fourth-order valence-electron chi connectivity index (χ4n) is 3.87. The average Bonchev–Trinajstić information content (AvgIpc) is 2.82. The summed E-state index contributed by atoms with van der Waals surface area (Å²) in [4.78, 5) is 35.4. The van der Waals surface area contributed by atoms with Crippen molar-refractivity contribution in [3.8, 4) is 11.5 Å². The molecule has 0 aliphatic carbocycles. The second-order valence-electron chi connectivity index (χ2n) is 9.06. The number of carbonyl (C=O) groups excluding carboxylic acids is 3. The molecule has 35 heavy (non-hydrogen) atoms. The summed E-state index contributed by atoms with van der Waals surface area (Å²) in [5, 5.41) is 2.45. The van der Waals surface area contributed by atoms with Crippen molar-refractivity contribution in [2.45, 2.75) is 110 Å². The number of amides is 2. The van der Waals surface area contributed by atoms with Crippen LogP contribution in [0.15, 0.2) is 30.4 Å². The number of imide groups is 1. The predicted molar refractivity (Wildman–Crippen MR) is 141 cm³/mol. The standard InChI is InChI=1S/C29H45NO5/c1-4-5-6-7-8-9-10-11-12-13-14-15-16-17-18-19-28(32)30-29(33)23-25-20-21-26(35-24(2)31)27(22-25)34-3/h11-12,20-22H,4-10,13-19,23H2,1-3H3,(H,30,32,33). The van der Waals surface area contributed by atoms with Crippen LogP contribution < -0.4 is 14.8 Å². The number of rotatable bonds is 19. The minimum atomic E-state index is -0.449. The summed E-state index contributed by atoms with van der Waals surface area (Å²) in [5.74, 6) is -0.384. The predicted octanol–water partition coefficient (Wildman–Crippen LogP) is 6.84. The smallest absolute Gasteiger partial charge is 0.308 e. The van der Waals surface area contributed by atoms with Crippen molar-refractivity contribution in [3.05, 3.63) is 35.9 Å². The van der Waals surface area contributed by atoms with E-state index in [1.165, 1.54) is 71.8 Å². The van der Waals surface area contributed by atoms with Crippen LogP contribution in [-0.2, 0) is 20.8 Å². The van der Waals surface area contributed by atoms with Crippen LogP contribution in [-0.4, -0.2) is 24.9 Å². The lowest BCUT2D eigenvalue weighted by atomic mass is 10.1. The SMILES string of the molecule is CCCCCCCCC=CCCCCCCCC(=O)NC(=O)Cc1ccc(OC(C)=O)c(OC)c1. The Morgan fingerprint density at radius 2 is 1.40 bits per heavy atom. The average molecular weight is 488 g/mol. The third kappa shape index (κ3) is 15.8. The highest BCUT2D eigenvalue weighted by Crippen LogP contribution is 2.28. The van der Waals surface area contributed by atoms with E-state index < -0.39 is 5.97 Å². The Kier molecular flexibility index (Phi) is 17.1. The number of esters is 1. The lowest BCUT2D eigenvalue weighted by molar-refractivity contribution is -0.132. The van der Waals surface area contributed by atoms with E-state index in [0.29, 0.717) is 23.5 Å². The summed E-state index contributed by atoms with van der Waals surface area (Å²) >= 11 is 0. The molecule has 2 amide bonds. The van der Waals surface area contributed by atoms with E-state index >= 15 is 0 Å². The van der Waals surface area contributed by atoms with Crippen molar-refractivity contribution in [3.63, 3.8) is 0 Å². The largest absolute Gasteiger partial charge is 0.493 e.